The van der Waals surface area contributed by atoms with Crippen LogP contribution >= 0.6 is 23.1 Å². The largest absolute Gasteiger partial charge is 0.480 e. The maximum Gasteiger partial charge on any atom is 0.322 e. The molecule has 7 nitrogen and oxygen atoms in total. The second-order valence-electron chi connectivity index (χ2n) is 5.18. The van der Waals surface area contributed by atoms with Crippen LogP contribution in [0, 0.1) is 12.8 Å². The lowest BCUT2D eigenvalue weighted by Crippen LogP contribution is -2.46. The normalized spacial score (nSPS) is 27.1. The number of hydrogen-bond donors (Lipinski definition) is 2. The van der Waals surface area contributed by atoms with Gasteiger partial charge >= 0.3 is 10.8 Å². The van der Waals surface area contributed by atoms with Gasteiger partial charge in [0.25, 0.3) is 10.0 Å². The van der Waals surface area contributed by atoms with Gasteiger partial charge in [-0.1, -0.05) is 11.3 Å². The van der Waals surface area contributed by atoms with E-state index in [0.717, 1.165) is 17.1 Å². The Morgan fingerprint density at radius 3 is 2.57 bits per heavy atom. The summed E-state index contributed by atoms with van der Waals surface area (Å²) < 4.78 is 26.7. The number of aliphatic carboxylic acids is 1. The molecule has 1 aromatic heterocycles. The quantitative estimate of drug-likeness (QED) is 0.826. The second kappa shape index (κ2) is 5.11. The Kier molecular flexibility index (Phi) is 3.67. The summed E-state index contributed by atoms with van der Waals surface area (Å²) in [6, 6.07) is -1.07. The predicted octanol–water partition coefficient (Wildman–Crippen LogP) is 0.672. The standard InChI is InChI=1S/C11H14N2O5S3/c1-5-10(20-11(16)12-5)21(17,18)13-7(9(14)15)4-19-8(13)6-2-3-6/h6-8H,2-4H2,1H3,(H,12,16)(H,14,15). The summed E-state index contributed by atoms with van der Waals surface area (Å²) in [5.41, 5.74) is 0.264. The summed E-state index contributed by atoms with van der Waals surface area (Å²) in [5, 5.41) is 8.96. The number of H-pyrrole nitrogens is 1. The number of carbonyl (C=O) groups is 1. The van der Waals surface area contributed by atoms with Gasteiger partial charge in [-0.05, 0) is 25.7 Å². The summed E-state index contributed by atoms with van der Waals surface area (Å²) in [5.74, 6) is -0.687. The molecule has 2 atom stereocenters. The van der Waals surface area contributed by atoms with E-state index in [2.05, 4.69) is 4.98 Å². The van der Waals surface area contributed by atoms with Gasteiger partial charge in [-0.25, -0.2) is 8.42 Å². The van der Waals surface area contributed by atoms with Gasteiger partial charge in [0.05, 0.1) is 5.37 Å². The molecule has 0 radical (unpaired) electrons. The summed E-state index contributed by atoms with van der Waals surface area (Å²) in [6.07, 6.45) is 1.83. The van der Waals surface area contributed by atoms with Gasteiger partial charge in [-0.2, -0.15) is 4.31 Å². The number of carboxylic acid groups (broad SMARTS) is 1. The van der Waals surface area contributed by atoms with Gasteiger partial charge in [0.2, 0.25) is 0 Å². The van der Waals surface area contributed by atoms with E-state index in [0.29, 0.717) is 11.3 Å². The summed E-state index contributed by atoms with van der Waals surface area (Å²) in [7, 11) is -3.98. The van der Waals surface area contributed by atoms with Gasteiger partial charge in [-0.3, -0.25) is 9.59 Å². The van der Waals surface area contributed by atoms with Crippen molar-refractivity contribution >= 4 is 39.1 Å². The molecule has 0 aromatic carbocycles. The third kappa shape index (κ3) is 2.54. The van der Waals surface area contributed by atoms with Gasteiger partial charge in [0.15, 0.2) is 4.21 Å². The Bertz CT molecular complexity index is 733. The molecular weight excluding hydrogens is 336 g/mol. The topological polar surface area (TPSA) is 108 Å². The van der Waals surface area contributed by atoms with Crippen molar-refractivity contribution in [3.8, 4) is 0 Å². The van der Waals surface area contributed by atoms with Gasteiger partial charge < -0.3 is 10.1 Å². The minimum Gasteiger partial charge on any atom is -0.480 e. The fourth-order valence-electron chi connectivity index (χ4n) is 2.46. The molecule has 3 rings (SSSR count). The lowest BCUT2D eigenvalue weighted by molar-refractivity contribution is -0.140. The van der Waals surface area contributed by atoms with Gasteiger partial charge in [0.1, 0.15) is 6.04 Å². The lowest BCUT2D eigenvalue weighted by Gasteiger charge is -2.25. The molecule has 0 amide bonds. The summed E-state index contributed by atoms with van der Waals surface area (Å²) >= 11 is 1.99. The second-order valence-corrected chi connectivity index (χ2v) is 9.35. The van der Waals surface area contributed by atoms with Crippen LogP contribution in [-0.2, 0) is 14.8 Å². The monoisotopic (exact) mass is 350 g/mol. The molecule has 10 heteroatoms. The maximum absolute atomic E-state index is 12.8. The molecule has 2 aliphatic rings. The molecule has 116 valence electrons. The molecule has 0 bridgehead atoms. The van der Waals surface area contributed by atoms with Gasteiger partial charge in [-0.15, -0.1) is 11.8 Å². The predicted molar refractivity (Wildman–Crippen MR) is 79.1 cm³/mol. The number of aromatic amines is 1. The Hall–Kier alpha value is -0.840. The lowest BCUT2D eigenvalue weighted by atomic mass is 10.3. The third-order valence-electron chi connectivity index (χ3n) is 3.59. The van der Waals surface area contributed by atoms with Crippen molar-refractivity contribution in [3.63, 3.8) is 0 Å². The average Bonchev–Trinajstić information content (AvgIpc) is 3.02. The first-order chi connectivity index (χ1) is 9.82. The SMILES string of the molecule is Cc1[nH]c(=O)sc1S(=O)(=O)N1C(C(=O)O)CSC1C1CC1. The Morgan fingerprint density at radius 2 is 2.10 bits per heavy atom. The van der Waals surface area contributed by atoms with Crippen molar-refractivity contribution in [2.45, 2.75) is 35.4 Å². The van der Waals surface area contributed by atoms with Crippen LogP contribution in [0.15, 0.2) is 9.00 Å². The fraction of sp³-hybridized carbons (Fsp3) is 0.636. The number of carboxylic acids is 1. The molecule has 2 fully saturated rings. The van der Waals surface area contributed by atoms with E-state index in [4.69, 9.17) is 0 Å². The first-order valence-electron chi connectivity index (χ1n) is 6.40. The van der Waals surface area contributed by atoms with Crippen LogP contribution < -0.4 is 4.87 Å². The zero-order valence-electron chi connectivity index (χ0n) is 11.1. The van der Waals surface area contributed by atoms with Crippen LogP contribution in [0.1, 0.15) is 18.5 Å². The highest BCUT2D eigenvalue weighted by Crippen LogP contribution is 2.47. The Labute approximate surface area is 129 Å². The molecule has 1 aromatic rings. The molecule has 2 heterocycles. The number of thiazole rings is 1. The van der Waals surface area contributed by atoms with Crippen molar-refractivity contribution in [2.24, 2.45) is 5.92 Å². The van der Waals surface area contributed by atoms with Crippen molar-refractivity contribution in [3.05, 3.63) is 15.4 Å². The van der Waals surface area contributed by atoms with Crippen LogP contribution in [0.25, 0.3) is 0 Å². The van der Waals surface area contributed by atoms with E-state index >= 15 is 0 Å². The molecule has 1 saturated heterocycles. The Morgan fingerprint density at radius 1 is 1.43 bits per heavy atom. The van der Waals surface area contributed by atoms with E-state index in [1.165, 1.54) is 18.7 Å². The van der Waals surface area contributed by atoms with E-state index in [1.54, 1.807) is 0 Å². The highest BCUT2D eigenvalue weighted by Gasteiger charge is 2.52. The molecule has 21 heavy (non-hydrogen) atoms. The van der Waals surface area contributed by atoms with Crippen LogP contribution in [-0.4, -0.2) is 46.0 Å². The number of rotatable bonds is 4. The van der Waals surface area contributed by atoms with Crippen LogP contribution in [0.4, 0.5) is 0 Å². The van der Waals surface area contributed by atoms with E-state index in [9.17, 15) is 23.1 Å². The first-order valence-corrected chi connectivity index (χ1v) is 9.70. The number of nitrogens with zero attached hydrogens (tertiary/aromatic N) is 1. The van der Waals surface area contributed by atoms with E-state index in [1.807, 2.05) is 0 Å². The molecule has 2 N–H and O–H groups in total. The molecule has 0 spiro atoms. The number of thioether (sulfide) groups is 1. The number of sulfonamides is 1. The van der Waals surface area contributed by atoms with Crippen LogP contribution in [0.3, 0.4) is 0 Å². The van der Waals surface area contributed by atoms with E-state index in [-0.39, 0.29) is 26.9 Å². The summed E-state index contributed by atoms with van der Waals surface area (Å²) in [6.45, 7) is 1.51. The Balaban J connectivity index is 2.06. The highest BCUT2D eigenvalue weighted by atomic mass is 32.2. The van der Waals surface area contributed by atoms with Crippen LogP contribution in [0.5, 0.6) is 0 Å². The molecule has 1 saturated carbocycles. The molecule has 2 unspecified atom stereocenters. The minimum atomic E-state index is -3.98. The first kappa shape index (κ1) is 15.1. The summed E-state index contributed by atoms with van der Waals surface area (Å²) in [4.78, 5) is 24.7. The number of aryl methyl sites for hydroxylation is 1. The van der Waals surface area contributed by atoms with Crippen LogP contribution in [0.2, 0.25) is 0 Å². The zero-order chi connectivity index (χ0) is 15.4. The average molecular weight is 350 g/mol. The molecule has 1 aliphatic heterocycles. The fourth-order valence-corrected chi connectivity index (χ4v) is 7.65. The number of aromatic nitrogens is 1. The highest BCUT2D eigenvalue weighted by molar-refractivity contribution is 8.01. The van der Waals surface area contributed by atoms with Crippen molar-refractivity contribution < 1.29 is 18.3 Å². The number of nitrogens with one attached hydrogen (secondary N) is 1. The van der Waals surface area contributed by atoms with E-state index < -0.39 is 26.9 Å². The van der Waals surface area contributed by atoms with Crippen molar-refractivity contribution in [1.82, 2.24) is 9.29 Å². The minimum absolute atomic E-state index is 0.0769. The smallest absolute Gasteiger partial charge is 0.322 e. The van der Waals surface area contributed by atoms with Crippen molar-refractivity contribution in [1.29, 1.82) is 0 Å². The zero-order valence-corrected chi connectivity index (χ0v) is 13.6. The van der Waals surface area contributed by atoms with Crippen molar-refractivity contribution in [2.75, 3.05) is 5.75 Å². The molecular formula is C11H14N2O5S3. The van der Waals surface area contributed by atoms with Gasteiger partial charge in [0, 0.05) is 11.4 Å². The molecule has 1 aliphatic carbocycles. The number of hydrogen-bond acceptors (Lipinski definition) is 6. The maximum atomic E-state index is 12.8. The third-order valence-corrected chi connectivity index (χ3v) is 8.65.